The van der Waals surface area contributed by atoms with Crippen LogP contribution in [-0.2, 0) is 4.74 Å². The van der Waals surface area contributed by atoms with Gasteiger partial charge in [-0.05, 0) is 6.42 Å². The van der Waals surface area contributed by atoms with Crippen LogP contribution >= 0.6 is 0 Å². The van der Waals surface area contributed by atoms with E-state index in [2.05, 4.69) is 10.2 Å². The number of carbonyl (C=O) groups is 1. The SMILES string of the molecule is CCC(CN1CCOCC1)N(N)C(=O)NC. The lowest BCUT2D eigenvalue weighted by Crippen LogP contribution is -2.54. The van der Waals surface area contributed by atoms with E-state index < -0.39 is 0 Å². The Bertz CT molecular complexity index is 219. The van der Waals surface area contributed by atoms with Crippen molar-refractivity contribution < 1.29 is 9.53 Å². The van der Waals surface area contributed by atoms with Gasteiger partial charge in [-0.1, -0.05) is 6.92 Å². The molecular formula is C10H22N4O2. The minimum atomic E-state index is -0.236. The summed E-state index contributed by atoms with van der Waals surface area (Å²) in [5, 5.41) is 3.82. The number of ether oxygens (including phenoxy) is 1. The van der Waals surface area contributed by atoms with Gasteiger partial charge >= 0.3 is 6.03 Å². The maximum absolute atomic E-state index is 11.4. The average molecular weight is 230 g/mol. The predicted molar refractivity (Wildman–Crippen MR) is 61.8 cm³/mol. The number of hydrazine groups is 1. The van der Waals surface area contributed by atoms with E-state index in [1.165, 1.54) is 5.01 Å². The Hall–Kier alpha value is -0.850. The lowest BCUT2D eigenvalue weighted by Gasteiger charge is -2.33. The van der Waals surface area contributed by atoms with Gasteiger partial charge in [-0.3, -0.25) is 9.91 Å². The summed E-state index contributed by atoms with van der Waals surface area (Å²) in [4.78, 5) is 13.7. The highest BCUT2D eigenvalue weighted by molar-refractivity contribution is 5.73. The van der Waals surface area contributed by atoms with Gasteiger partial charge in [0.05, 0.1) is 19.3 Å². The molecule has 0 aromatic heterocycles. The van der Waals surface area contributed by atoms with E-state index in [1.807, 2.05) is 6.92 Å². The molecule has 0 bridgehead atoms. The van der Waals surface area contributed by atoms with Gasteiger partial charge in [-0.15, -0.1) is 0 Å². The number of rotatable bonds is 4. The first-order valence-corrected chi connectivity index (χ1v) is 5.74. The molecule has 1 aliphatic heterocycles. The van der Waals surface area contributed by atoms with Crippen LogP contribution in [0, 0.1) is 0 Å². The van der Waals surface area contributed by atoms with Crippen molar-refractivity contribution in [2.45, 2.75) is 19.4 Å². The quantitative estimate of drug-likeness (QED) is 0.392. The van der Waals surface area contributed by atoms with Crippen molar-refractivity contribution >= 4 is 6.03 Å². The summed E-state index contributed by atoms with van der Waals surface area (Å²) in [5.41, 5.74) is 0. The van der Waals surface area contributed by atoms with Crippen molar-refractivity contribution in [2.75, 3.05) is 39.9 Å². The van der Waals surface area contributed by atoms with Crippen LogP contribution in [0.4, 0.5) is 4.79 Å². The molecule has 94 valence electrons. The van der Waals surface area contributed by atoms with Gasteiger partial charge < -0.3 is 10.1 Å². The molecule has 1 heterocycles. The van der Waals surface area contributed by atoms with Crippen molar-refractivity contribution in [1.29, 1.82) is 0 Å². The zero-order valence-corrected chi connectivity index (χ0v) is 10.1. The van der Waals surface area contributed by atoms with E-state index in [1.54, 1.807) is 7.05 Å². The Balaban J connectivity index is 2.43. The molecule has 1 fully saturated rings. The van der Waals surface area contributed by atoms with Crippen LogP contribution in [0.2, 0.25) is 0 Å². The zero-order chi connectivity index (χ0) is 12.0. The molecule has 1 rings (SSSR count). The van der Waals surface area contributed by atoms with Crippen molar-refractivity contribution in [3.63, 3.8) is 0 Å². The van der Waals surface area contributed by atoms with Gasteiger partial charge in [0, 0.05) is 26.7 Å². The predicted octanol–water partition coefficient (Wildman–Crippen LogP) is -0.388. The van der Waals surface area contributed by atoms with Gasteiger partial charge in [0.1, 0.15) is 0 Å². The maximum Gasteiger partial charge on any atom is 0.331 e. The van der Waals surface area contributed by atoms with Crippen LogP contribution in [0.15, 0.2) is 0 Å². The first-order chi connectivity index (χ1) is 7.69. The molecule has 16 heavy (non-hydrogen) atoms. The Labute approximate surface area is 96.7 Å². The first-order valence-electron chi connectivity index (χ1n) is 5.74. The minimum absolute atomic E-state index is 0.0537. The molecule has 1 atom stereocenters. The van der Waals surface area contributed by atoms with E-state index in [0.717, 1.165) is 39.3 Å². The van der Waals surface area contributed by atoms with Gasteiger partial charge in [-0.2, -0.15) is 0 Å². The van der Waals surface area contributed by atoms with Crippen LogP contribution in [0.1, 0.15) is 13.3 Å². The molecule has 2 amide bonds. The standard InChI is InChI=1S/C10H22N4O2/c1-3-9(14(11)10(15)12-2)8-13-4-6-16-7-5-13/h9H,3-8,11H2,1-2H3,(H,12,15). The largest absolute Gasteiger partial charge is 0.379 e. The van der Waals surface area contributed by atoms with Crippen LogP contribution in [0.3, 0.4) is 0 Å². The fraction of sp³-hybridized carbons (Fsp3) is 0.900. The zero-order valence-electron chi connectivity index (χ0n) is 10.1. The van der Waals surface area contributed by atoms with Crippen molar-refractivity contribution in [3.05, 3.63) is 0 Å². The topological polar surface area (TPSA) is 70.8 Å². The smallest absolute Gasteiger partial charge is 0.331 e. The molecule has 3 N–H and O–H groups in total. The molecule has 6 heteroatoms. The van der Waals surface area contributed by atoms with E-state index >= 15 is 0 Å². The summed E-state index contributed by atoms with van der Waals surface area (Å²) in [6.07, 6.45) is 0.848. The molecule has 0 aromatic carbocycles. The Kier molecular flexibility index (Phi) is 5.51. The Morgan fingerprint density at radius 2 is 2.19 bits per heavy atom. The second-order valence-electron chi connectivity index (χ2n) is 3.94. The second kappa shape index (κ2) is 6.67. The monoisotopic (exact) mass is 230 g/mol. The molecule has 0 spiro atoms. The van der Waals surface area contributed by atoms with E-state index in [4.69, 9.17) is 10.6 Å². The third kappa shape index (κ3) is 3.62. The van der Waals surface area contributed by atoms with Gasteiger partial charge in [-0.25, -0.2) is 10.6 Å². The molecule has 0 radical (unpaired) electrons. The molecule has 0 aromatic rings. The molecule has 0 aliphatic carbocycles. The van der Waals surface area contributed by atoms with E-state index in [9.17, 15) is 4.79 Å². The highest BCUT2D eigenvalue weighted by atomic mass is 16.5. The second-order valence-corrected chi connectivity index (χ2v) is 3.94. The number of hydrogen-bond acceptors (Lipinski definition) is 4. The highest BCUT2D eigenvalue weighted by Gasteiger charge is 2.22. The lowest BCUT2D eigenvalue weighted by atomic mass is 10.2. The van der Waals surface area contributed by atoms with Gasteiger partial charge in [0.25, 0.3) is 0 Å². The number of nitrogens with one attached hydrogen (secondary N) is 1. The van der Waals surface area contributed by atoms with Crippen LogP contribution in [0.25, 0.3) is 0 Å². The fourth-order valence-corrected chi connectivity index (χ4v) is 1.79. The number of hydrogen-bond donors (Lipinski definition) is 2. The minimum Gasteiger partial charge on any atom is -0.379 e. The van der Waals surface area contributed by atoms with Gasteiger partial charge in [0.2, 0.25) is 0 Å². The summed E-state index contributed by atoms with van der Waals surface area (Å²) >= 11 is 0. The number of nitrogens with two attached hydrogens (primary N) is 1. The average Bonchev–Trinajstić information content (AvgIpc) is 2.35. The lowest BCUT2D eigenvalue weighted by molar-refractivity contribution is 0.0257. The summed E-state index contributed by atoms with van der Waals surface area (Å²) in [6, 6.07) is -0.182. The molecule has 6 nitrogen and oxygen atoms in total. The first kappa shape index (κ1) is 13.2. The number of urea groups is 1. The normalized spacial score (nSPS) is 19.2. The van der Waals surface area contributed by atoms with Crippen LogP contribution < -0.4 is 11.2 Å². The number of carbonyl (C=O) groups excluding carboxylic acids is 1. The Morgan fingerprint density at radius 3 is 2.69 bits per heavy atom. The van der Waals surface area contributed by atoms with E-state index in [0.29, 0.717) is 0 Å². The summed E-state index contributed by atoms with van der Waals surface area (Å²) in [7, 11) is 1.59. The van der Waals surface area contributed by atoms with Crippen LogP contribution in [0.5, 0.6) is 0 Å². The molecule has 0 saturated carbocycles. The van der Waals surface area contributed by atoms with Gasteiger partial charge in [0.15, 0.2) is 0 Å². The van der Waals surface area contributed by atoms with Crippen molar-refractivity contribution in [1.82, 2.24) is 15.2 Å². The molecule has 1 saturated heterocycles. The fourth-order valence-electron chi connectivity index (χ4n) is 1.79. The molecule has 1 unspecified atom stereocenters. The summed E-state index contributed by atoms with van der Waals surface area (Å²) in [5.74, 6) is 5.76. The third-order valence-electron chi connectivity index (χ3n) is 2.89. The highest BCUT2D eigenvalue weighted by Crippen LogP contribution is 2.05. The molecule has 1 aliphatic rings. The number of nitrogens with zero attached hydrogens (tertiary/aromatic N) is 2. The van der Waals surface area contributed by atoms with Crippen molar-refractivity contribution in [3.8, 4) is 0 Å². The molecular weight excluding hydrogens is 208 g/mol. The number of morpholine rings is 1. The van der Waals surface area contributed by atoms with Crippen LogP contribution in [-0.4, -0.2) is 61.9 Å². The summed E-state index contributed by atoms with van der Waals surface area (Å²) < 4.78 is 5.28. The summed E-state index contributed by atoms with van der Waals surface area (Å²) in [6.45, 7) is 6.20. The van der Waals surface area contributed by atoms with Crippen molar-refractivity contribution in [2.24, 2.45) is 5.84 Å². The Morgan fingerprint density at radius 1 is 1.56 bits per heavy atom. The van der Waals surface area contributed by atoms with E-state index in [-0.39, 0.29) is 12.1 Å². The third-order valence-corrected chi connectivity index (χ3v) is 2.89. The maximum atomic E-state index is 11.4. The number of amides is 2.